The van der Waals surface area contributed by atoms with Crippen LogP contribution in [0.2, 0.25) is 0 Å². The molecule has 1 aromatic carbocycles. The lowest BCUT2D eigenvalue weighted by Crippen LogP contribution is -2.18. The van der Waals surface area contributed by atoms with E-state index in [1.54, 1.807) is 11.3 Å². The molecule has 1 atom stereocenters. The van der Waals surface area contributed by atoms with Gasteiger partial charge in [0.2, 0.25) is 5.91 Å². The van der Waals surface area contributed by atoms with E-state index in [9.17, 15) is 9.59 Å². The Morgan fingerprint density at radius 3 is 2.75 bits per heavy atom. The third kappa shape index (κ3) is 3.51. The van der Waals surface area contributed by atoms with Crippen molar-refractivity contribution in [1.82, 2.24) is 0 Å². The molecule has 126 valence electrons. The highest BCUT2D eigenvalue weighted by atomic mass is 32.1. The number of amides is 2. The maximum Gasteiger partial charge on any atom is 0.258 e. The van der Waals surface area contributed by atoms with E-state index in [4.69, 9.17) is 0 Å². The lowest BCUT2D eigenvalue weighted by atomic mass is 9.88. The van der Waals surface area contributed by atoms with E-state index in [0.717, 1.165) is 36.1 Å². The van der Waals surface area contributed by atoms with Crippen LogP contribution in [-0.4, -0.2) is 11.8 Å². The number of fused-ring (bicyclic) bond motifs is 1. The Morgan fingerprint density at radius 2 is 2.04 bits per heavy atom. The Balaban J connectivity index is 1.95. The van der Waals surface area contributed by atoms with Crippen molar-refractivity contribution in [2.45, 2.75) is 40.0 Å². The van der Waals surface area contributed by atoms with Crippen molar-refractivity contribution in [3.05, 3.63) is 45.8 Å². The number of nitrogens with one attached hydrogen (secondary N) is 2. The normalized spacial score (nSPS) is 16.4. The Morgan fingerprint density at radius 1 is 1.25 bits per heavy atom. The third-order valence-electron chi connectivity index (χ3n) is 4.30. The van der Waals surface area contributed by atoms with Gasteiger partial charge in [-0.3, -0.25) is 9.59 Å². The quantitative estimate of drug-likeness (QED) is 0.869. The number of thiophene rings is 1. The van der Waals surface area contributed by atoms with Crippen LogP contribution in [0.5, 0.6) is 0 Å². The first kappa shape index (κ1) is 16.7. The zero-order chi connectivity index (χ0) is 17.3. The minimum atomic E-state index is -0.147. The number of carbonyl (C=O) groups excluding carboxylic acids is 2. The lowest BCUT2D eigenvalue weighted by molar-refractivity contribution is -0.114. The molecule has 0 fully saturated rings. The second kappa shape index (κ2) is 6.77. The standard InChI is InChI=1S/C19H22N2O2S/c1-11-5-4-6-14(9-11)21-18(23)17-15-8-7-12(2)10-16(15)24-19(17)20-13(3)22/h4-6,9,12H,7-8,10H2,1-3H3,(H,20,22)(H,21,23). The van der Waals surface area contributed by atoms with Crippen LogP contribution in [-0.2, 0) is 17.6 Å². The molecule has 5 heteroatoms. The summed E-state index contributed by atoms with van der Waals surface area (Å²) >= 11 is 1.54. The summed E-state index contributed by atoms with van der Waals surface area (Å²) in [6, 6.07) is 7.73. The molecule has 0 aliphatic heterocycles. The van der Waals surface area contributed by atoms with Crippen LogP contribution >= 0.6 is 11.3 Å². The molecule has 0 saturated heterocycles. The predicted molar refractivity (Wildman–Crippen MR) is 98.9 cm³/mol. The average molecular weight is 342 g/mol. The van der Waals surface area contributed by atoms with Gasteiger partial charge in [0.15, 0.2) is 0 Å². The summed E-state index contributed by atoms with van der Waals surface area (Å²) in [5, 5.41) is 6.49. The number of benzene rings is 1. The van der Waals surface area contributed by atoms with E-state index < -0.39 is 0 Å². The summed E-state index contributed by atoms with van der Waals surface area (Å²) in [7, 11) is 0. The molecule has 24 heavy (non-hydrogen) atoms. The highest BCUT2D eigenvalue weighted by Gasteiger charge is 2.28. The fraction of sp³-hybridized carbons (Fsp3) is 0.368. The Hall–Kier alpha value is -2.14. The highest BCUT2D eigenvalue weighted by Crippen LogP contribution is 2.40. The van der Waals surface area contributed by atoms with E-state index in [1.165, 1.54) is 11.8 Å². The highest BCUT2D eigenvalue weighted by molar-refractivity contribution is 7.17. The lowest BCUT2D eigenvalue weighted by Gasteiger charge is -2.18. The Kier molecular flexibility index (Phi) is 4.71. The molecule has 0 radical (unpaired) electrons. The SMILES string of the molecule is CC(=O)Nc1sc2c(c1C(=O)Nc1cccc(C)c1)CCC(C)C2. The van der Waals surface area contributed by atoms with Crippen molar-refractivity contribution in [2.75, 3.05) is 10.6 Å². The molecule has 1 unspecified atom stereocenters. The van der Waals surface area contributed by atoms with Gasteiger partial charge in [0.1, 0.15) is 5.00 Å². The van der Waals surface area contributed by atoms with E-state index >= 15 is 0 Å². The second-order valence-electron chi connectivity index (χ2n) is 6.56. The summed E-state index contributed by atoms with van der Waals surface area (Å²) in [6.45, 7) is 5.70. The van der Waals surface area contributed by atoms with Crippen LogP contribution in [0.15, 0.2) is 24.3 Å². The number of hydrogen-bond acceptors (Lipinski definition) is 3. The van der Waals surface area contributed by atoms with Crippen molar-refractivity contribution in [3.8, 4) is 0 Å². The summed E-state index contributed by atoms with van der Waals surface area (Å²) in [5.74, 6) is 0.330. The molecule has 1 heterocycles. The van der Waals surface area contributed by atoms with Gasteiger partial charge in [0.25, 0.3) is 5.91 Å². The zero-order valence-electron chi connectivity index (χ0n) is 14.2. The Bertz CT molecular complexity index is 795. The first-order valence-electron chi connectivity index (χ1n) is 8.24. The van der Waals surface area contributed by atoms with Crippen LogP contribution in [0, 0.1) is 12.8 Å². The fourth-order valence-electron chi connectivity index (χ4n) is 3.16. The minimum Gasteiger partial charge on any atom is -0.322 e. The number of aryl methyl sites for hydroxylation is 1. The Labute approximate surface area is 146 Å². The van der Waals surface area contributed by atoms with Gasteiger partial charge in [0, 0.05) is 17.5 Å². The summed E-state index contributed by atoms with van der Waals surface area (Å²) in [4.78, 5) is 25.6. The molecular weight excluding hydrogens is 320 g/mol. The van der Waals surface area contributed by atoms with Crippen LogP contribution in [0.3, 0.4) is 0 Å². The van der Waals surface area contributed by atoms with Crippen molar-refractivity contribution < 1.29 is 9.59 Å². The molecular formula is C19H22N2O2S. The number of carbonyl (C=O) groups is 2. The maximum absolute atomic E-state index is 12.9. The average Bonchev–Trinajstić information content (AvgIpc) is 2.83. The molecule has 0 saturated carbocycles. The van der Waals surface area contributed by atoms with Gasteiger partial charge in [-0.1, -0.05) is 19.1 Å². The van der Waals surface area contributed by atoms with E-state index in [2.05, 4.69) is 17.6 Å². The second-order valence-corrected chi connectivity index (χ2v) is 7.67. The van der Waals surface area contributed by atoms with Crippen molar-refractivity contribution in [2.24, 2.45) is 5.92 Å². The molecule has 0 spiro atoms. The predicted octanol–water partition coefficient (Wildman–Crippen LogP) is 4.39. The van der Waals surface area contributed by atoms with E-state index in [1.807, 2.05) is 31.2 Å². The number of hydrogen-bond donors (Lipinski definition) is 2. The van der Waals surface area contributed by atoms with Gasteiger partial charge in [-0.05, 0) is 55.4 Å². The minimum absolute atomic E-state index is 0.142. The number of rotatable bonds is 3. The monoisotopic (exact) mass is 342 g/mol. The molecule has 2 aromatic rings. The van der Waals surface area contributed by atoms with Gasteiger partial charge in [-0.25, -0.2) is 0 Å². The molecule has 1 aromatic heterocycles. The van der Waals surface area contributed by atoms with E-state index in [-0.39, 0.29) is 11.8 Å². The van der Waals surface area contributed by atoms with Gasteiger partial charge >= 0.3 is 0 Å². The summed E-state index contributed by atoms with van der Waals surface area (Å²) < 4.78 is 0. The van der Waals surface area contributed by atoms with Crippen molar-refractivity contribution >= 4 is 33.8 Å². The van der Waals surface area contributed by atoms with Crippen LogP contribution in [0.4, 0.5) is 10.7 Å². The molecule has 1 aliphatic carbocycles. The maximum atomic E-state index is 12.9. The molecule has 3 rings (SSSR count). The molecule has 1 aliphatic rings. The molecule has 0 bridgehead atoms. The zero-order valence-corrected chi connectivity index (χ0v) is 15.0. The largest absolute Gasteiger partial charge is 0.322 e. The topological polar surface area (TPSA) is 58.2 Å². The van der Waals surface area contributed by atoms with Crippen LogP contribution in [0.25, 0.3) is 0 Å². The van der Waals surface area contributed by atoms with Crippen LogP contribution < -0.4 is 10.6 Å². The molecule has 2 amide bonds. The summed E-state index contributed by atoms with van der Waals surface area (Å²) in [5.41, 5.74) is 3.61. The van der Waals surface area contributed by atoms with Crippen molar-refractivity contribution in [3.63, 3.8) is 0 Å². The van der Waals surface area contributed by atoms with Gasteiger partial charge in [-0.15, -0.1) is 11.3 Å². The van der Waals surface area contributed by atoms with E-state index in [0.29, 0.717) is 16.5 Å². The van der Waals surface area contributed by atoms with Gasteiger partial charge in [0.05, 0.1) is 5.56 Å². The smallest absolute Gasteiger partial charge is 0.258 e. The third-order valence-corrected chi connectivity index (χ3v) is 5.47. The van der Waals surface area contributed by atoms with Gasteiger partial charge < -0.3 is 10.6 Å². The van der Waals surface area contributed by atoms with Gasteiger partial charge in [-0.2, -0.15) is 0 Å². The number of anilines is 2. The molecule has 4 nitrogen and oxygen atoms in total. The first-order chi connectivity index (χ1) is 11.4. The summed E-state index contributed by atoms with van der Waals surface area (Å²) in [6.07, 6.45) is 2.95. The fourth-order valence-corrected chi connectivity index (χ4v) is 4.61. The van der Waals surface area contributed by atoms with Crippen molar-refractivity contribution in [1.29, 1.82) is 0 Å². The molecule has 2 N–H and O–H groups in total. The van der Waals surface area contributed by atoms with Crippen LogP contribution in [0.1, 0.15) is 46.6 Å². The first-order valence-corrected chi connectivity index (χ1v) is 9.06.